The Labute approximate surface area is 116 Å². The number of amides is 1. The standard InChI is InChI=1S/C14H16ClFN2O/c15-11-2-1-3-12(16)13(11)14(19)18-9-4-5-10(18)7-8(17)6-9/h1-3,8-10H,4-7,17H2. The lowest BCUT2D eigenvalue weighted by molar-refractivity contribution is 0.0570. The topological polar surface area (TPSA) is 46.3 Å². The van der Waals surface area contributed by atoms with Crippen molar-refractivity contribution < 1.29 is 9.18 Å². The Hall–Kier alpha value is -1.13. The quantitative estimate of drug-likeness (QED) is 0.860. The van der Waals surface area contributed by atoms with Crippen LogP contribution < -0.4 is 5.73 Å². The fourth-order valence-electron chi connectivity index (χ4n) is 3.38. The smallest absolute Gasteiger partial charge is 0.258 e. The van der Waals surface area contributed by atoms with Gasteiger partial charge in [0.25, 0.3) is 5.91 Å². The van der Waals surface area contributed by atoms with Crippen molar-refractivity contribution in [2.45, 2.75) is 43.8 Å². The van der Waals surface area contributed by atoms with Crippen molar-refractivity contribution in [1.29, 1.82) is 0 Å². The molecule has 2 aliphatic heterocycles. The van der Waals surface area contributed by atoms with Gasteiger partial charge in [-0.05, 0) is 37.8 Å². The van der Waals surface area contributed by atoms with Gasteiger partial charge in [-0.25, -0.2) is 4.39 Å². The molecule has 2 saturated heterocycles. The molecule has 3 nitrogen and oxygen atoms in total. The van der Waals surface area contributed by atoms with Crippen LogP contribution in [0.25, 0.3) is 0 Å². The third-order valence-corrected chi connectivity index (χ3v) is 4.50. The Balaban J connectivity index is 1.93. The zero-order valence-corrected chi connectivity index (χ0v) is 11.2. The summed E-state index contributed by atoms with van der Waals surface area (Å²) in [4.78, 5) is 14.4. The van der Waals surface area contributed by atoms with E-state index in [1.165, 1.54) is 12.1 Å². The van der Waals surface area contributed by atoms with E-state index in [0.717, 1.165) is 25.7 Å². The molecule has 1 amide bonds. The Kier molecular flexibility index (Phi) is 3.23. The van der Waals surface area contributed by atoms with E-state index in [9.17, 15) is 9.18 Å². The molecular formula is C14H16ClFN2O. The molecule has 0 aromatic heterocycles. The van der Waals surface area contributed by atoms with E-state index in [-0.39, 0.29) is 34.6 Å². The van der Waals surface area contributed by atoms with Crippen LogP contribution in [0.2, 0.25) is 5.02 Å². The SMILES string of the molecule is NC1CC2CCC(C1)N2C(=O)c1c(F)cccc1Cl. The van der Waals surface area contributed by atoms with Crippen LogP contribution in [0.5, 0.6) is 0 Å². The molecular weight excluding hydrogens is 267 g/mol. The van der Waals surface area contributed by atoms with Crippen LogP contribution in [-0.2, 0) is 0 Å². The molecule has 3 rings (SSSR count). The Morgan fingerprint density at radius 1 is 1.32 bits per heavy atom. The highest BCUT2D eigenvalue weighted by atomic mass is 35.5. The second-order valence-corrected chi connectivity index (χ2v) is 5.83. The zero-order valence-electron chi connectivity index (χ0n) is 10.5. The number of carbonyl (C=O) groups excluding carboxylic acids is 1. The number of rotatable bonds is 1. The van der Waals surface area contributed by atoms with Gasteiger partial charge in [0.1, 0.15) is 5.82 Å². The van der Waals surface area contributed by atoms with E-state index in [1.807, 2.05) is 0 Å². The minimum Gasteiger partial charge on any atom is -0.332 e. The zero-order chi connectivity index (χ0) is 13.6. The fourth-order valence-corrected chi connectivity index (χ4v) is 3.63. The number of piperidine rings is 1. The van der Waals surface area contributed by atoms with Crippen molar-refractivity contribution in [2.75, 3.05) is 0 Å². The summed E-state index contributed by atoms with van der Waals surface area (Å²) < 4.78 is 13.9. The Morgan fingerprint density at radius 2 is 1.95 bits per heavy atom. The summed E-state index contributed by atoms with van der Waals surface area (Å²) in [7, 11) is 0. The molecule has 102 valence electrons. The highest BCUT2D eigenvalue weighted by molar-refractivity contribution is 6.33. The molecule has 2 aliphatic rings. The second kappa shape index (κ2) is 4.76. The lowest BCUT2D eigenvalue weighted by Gasteiger charge is -2.38. The largest absolute Gasteiger partial charge is 0.332 e. The third kappa shape index (κ3) is 2.13. The van der Waals surface area contributed by atoms with Gasteiger partial charge >= 0.3 is 0 Å². The van der Waals surface area contributed by atoms with Gasteiger partial charge < -0.3 is 10.6 Å². The number of carbonyl (C=O) groups is 1. The molecule has 1 aromatic rings. The highest BCUT2D eigenvalue weighted by Crippen LogP contribution is 2.37. The molecule has 2 bridgehead atoms. The summed E-state index contributed by atoms with van der Waals surface area (Å²) in [6.45, 7) is 0. The molecule has 1 aromatic carbocycles. The molecule has 2 atom stereocenters. The van der Waals surface area contributed by atoms with Crippen molar-refractivity contribution in [3.8, 4) is 0 Å². The number of halogens is 2. The fraction of sp³-hybridized carbons (Fsp3) is 0.500. The lowest BCUT2D eigenvalue weighted by atomic mass is 9.97. The number of nitrogens with zero attached hydrogens (tertiary/aromatic N) is 1. The van der Waals surface area contributed by atoms with E-state index < -0.39 is 5.82 Å². The minimum atomic E-state index is -0.549. The van der Waals surface area contributed by atoms with Crippen molar-refractivity contribution in [1.82, 2.24) is 4.90 Å². The summed E-state index contributed by atoms with van der Waals surface area (Å²) in [5.74, 6) is -0.839. The van der Waals surface area contributed by atoms with Gasteiger partial charge in [0.05, 0.1) is 10.6 Å². The first kappa shape index (κ1) is 12.9. The maximum absolute atomic E-state index is 13.9. The summed E-state index contributed by atoms with van der Waals surface area (Å²) in [5.41, 5.74) is 5.98. The molecule has 2 fully saturated rings. The van der Waals surface area contributed by atoms with Crippen molar-refractivity contribution in [3.05, 3.63) is 34.6 Å². The van der Waals surface area contributed by atoms with E-state index in [4.69, 9.17) is 17.3 Å². The maximum Gasteiger partial charge on any atom is 0.258 e. The van der Waals surface area contributed by atoms with Crippen LogP contribution >= 0.6 is 11.6 Å². The summed E-state index contributed by atoms with van der Waals surface area (Å²) >= 11 is 5.98. The highest BCUT2D eigenvalue weighted by Gasteiger charge is 2.43. The van der Waals surface area contributed by atoms with Crippen molar-refractivity contribution >= 4 is 17.5 Å². The van der Waals surface area contributed by atoms with Crippen LogP contribution in [0.4, 0.5) is 4.39 Å². The van der Waals surface area contributed by atoms with Gasteiger partial charge in [0.2, 0.25) is 0 Å². The van der Waals surface area contributed by atoms with E-state index >= 15 is 0 Å². The average molecular weight is 283 g/mol. The van der Waals surface area contributed by atoms with Crippen molar-refractivity contribution in [2.24, 2.45) is 5.73 Å². The predicted octanol–water partition coefficient (Wildman–Crippen LogP) is 2.57. The summed E-state index contributed by atoms with van der Waals surface area (Å²) in [6.07, 6.45) is 3.51. The van der Waals surface area contributed by atoms with E-state index in [2.05, 4.69) is 0 Å². The van der Waals surface area contributed by atoms with E-state index in [1.54, 1.807) is 11.0 Å². The van der Waals surface area contributed by atoms with Gasteiger partial charge in [-0.1, -0.05) is 17.7 Å². The molecule has 0 aliphatic carbocycles. The van der Waals surface area contributed by atoms with Gasteiger partial charge in [-0.2, -0.15) is 0 Å². The van der Waals surface area contributed by atoms with Crippen LogP contribution in [-0.4, -0.2) is 28.9 Å². The van der Waals surface area contributed by atoms with Crippen LogP contribution in [0.3, 0.4) is 0 Å². The molecule has 2 N–H and O–H groups in total. The molecule has 2 heterocycles. The number of hydrogen-bond donors (Lipinski definition) is 1. The Bertz CT molecular complexity index is 488. The van der Waals surface area contributed by atoms with Crippen molar-refractivity contribution in [3.63, 3.8) is 0 Å². The van der Waals surface area contributed by atoms with Gasteiger partial charge in [-0.3, -0.25) is 4.79 Å². The minimum absolute atomic E-state index is 0.00321. The molecule has 5 heteroatoms. The van der Waals surface area contributed by atoms with Gasteiger partial charge in [-0.15, -0.1) is 0 Å². The lowest BCUT2D eigenvalue weighted by Crippen LogP contribution is -2.50. The first-order valence-electron chi connectivity index (χ1n) is 6.60. The molecule has 0 saturated carbocycles. The summed E-state index contributed by atoms with van der Waals surface area (Å²) in [5, 5.41) is 0.180. The predicted molar refractivity (Wildman–Crippen MR) is 71.6 cm³/mol. The maximum atomic E-state index is 13.9. The number of hydrogen-bond acceptors (Lipinski definition) is 2. The first-order valence-corrected chi connectivity index (χ1v) is 6.98. The summed E-state index contributed by atoms with van der Waals surface area (Å²) in [6, 6.07) is 4.76. The van der Waals surface area contributed by atoms with Gasteiger partial charge in [0, 0.05) is 18.1 Å². The molecule has 2 unspecified atom stereocenters. The number of fused-ring (bicyclic) bond motifs is 2. The normalized spacial score (nSPS) is 29.6. The van der Waals surface area contributed by atoms with Crippen LogP contribution in [0.1, 0.15) is 36.0 Å². The average Bonchev–Trinajstić information content (AvgIpc) is 2.61. The third-order valence-electron chi connectivity index (χ3n) is 4.18. The van der Waals surface area contributed by atoms with Gasteiger partial charge in [0.15, 0.2) is 0 Å². The first-order chi connectivity index (χ1) is 9.08. The second-order valence-electron chi connectivity index (χ2n) is 5.43. The van der Waals surface area contributed by atoms with E-state index in [0.29, 0.717) is 0 Å². The van der Waals surface area contributed by atoms with Crippen LogP contribution in [0.15, 0.2) is 18.2 Å². The number of nitrogens with two attached hydrogens (primary N) is 1. The monoisotopic (exact) mass is 282 g/mol. The molecule has 0 spiro atoms. The molecule has 19 heavy (non-hydrogen) atoms. The molecule has 0 radical (unpaired) electrons. The van der Waals surface area contributed by atoms with Crippen LogP contribution in [0, 0.1) is 5.82 Å². The Morgan fingerprint density at radius 3 is 2.53 bits per heavy atom. The number of benzene rings is 1.